The first kappa shape index (κ1) is 9.01. The molecule has 1 saturated carbocycles. The van der Waals surface area contributed by atoms with Gasteiger partial charge in [-0.25, -0.2) is 0 Å². The number of fused-ring (bicyclic) bond motifs is 1. The Morgan fingerprint density at radius 3 is 3.00 bits per heavy atom. The molecule has 0 aliphatic heterocycles. The summed E-state index contributed by atoms with van der Waals surface area (Å²) >= 11 is 0. The highest BCUT2D eigenvalue weighted by molar-refractivity contribution is 5.23. The highest BCUT2D eigenvalue weighted by Crippen LogP contribution is 2.50. The molecule has 1 N–H and O–H groups in total. The fraction of sp³-hybridized carbons (Fsp3) is 0.667. The lowest BCUT2D eigenvalue weighted by Gasteiger charge is -2.33. The van der Waals surface area contributed by atoms with E-state index in [0.717, 1.165) is 19.3 Å². The molecule has 0 aromatic rings. The van der Waals surface area contributed by atoms with E-state index in [4.69, 9.17) is 0 Å². The zero-order valence-corrected chi connectivity index (χ0v) is 8.46. The van der Waals surface area contributed by atoms with Crippen molar-refractivity contribution in [1.82, 2.24) is 0 Å². The molecule has 0 amide bonds. The van der Waals surface area contributed by atoms with Crippen LogP contribution in [0, 0.1) is 11.3 Å². The lowest BCUT2D eigenvalue weighted by atomic mass is 9.73. The van der Waals surface area contributed by atoms with E-state index in [-0.39, 0.29) is 11.5 Å². The maximum absolute atomic E-state index is 9.97. The van der Waals surface area contributed by atoms with Gasteiger partial charge in [0.25, 0.3) is 0 Å². The molecule has 0 heterocycles. The summed E-state index contributed by atoms with van der Waals surface area (Å²) in [4.78, 5) is 0. The van der Waals surface area contributed by atoms with Gasteiger partial charge in [-0.1, -0.05) is 30.7 Å². The van der Waals surface area contributed by atoms with E-state index >= 15 is 0 Å². The van der Waals surface area contributed by atoms with Gasteiger partial charge >= 0.3 is 0 Å². The first-order valence-corrected chi connectivity index (χ1v) is 5.16. The molecule has 13 heavy (non-hydrogen) atoms. The standard InChI is InChI=1S/C12H18O/c1-9-5-3-4-8-12(2)10(9)6-7-11(12)13/h3-5,10-11,13H,6-8H2,1-2H3/t10-,11-,12-/m0/s1. The number of hydrogen-bond donors (Lipinski definition) is 1. The van der Waals surface area contributed by atoms with E-state index in [0.29, 0.717) is 5.92 Å². The van der Waals surface area contributed by atoms with Crippen molar-refractivity contribution in [2.75, 3.05) is 0 Å². The Hall–Kier alpha value is -0.560. The highest BCUT2D eigenvalue weighted by Gasteiger charge is 2.45. The van der Waals surface area contributed by atoms with Crippen LogP contribution in [0.2, 0.25) is 0 Å². The summed E-state index contributed by atoms with van der Waals surface area (Å²) in [6.07, 6.45) is 9.56. The van der Waals surface area contributed by atoms with Crippen LogP contribution in [-0.2, 0) is 0 Å². The summed E-state index contributed by atoms with van der Waals surface area (Å²) < 4.78 is 0. The van der Waals surface area contributed by atoms with Gasteiger partial charge in [0.15, 0.2) is 0 Å². The first-order chi connectivity index (χ1) is 6.14. The van der Waals surface area contributed by atoms with Gasteiger partial charge in [0, 0.05) is 5.41 Å². The van der Waals surface area contributed by atoms with Crippen LogP contribution >= 0.6 is 0 Å². The molecule has 2 rings (SSSR count). The molecular formula is C12H18O. The van der Waals surface area contributed by atoms with Crippen molar-refractivity contribution < 1.29 is 5.11 Å². The maximum Gasteiger partial charge on any atom is 0.0602 e. The molecule has 72 valence electrons. The average Bonchev–Trinajstić information content (AvgIpc) is 2.29. The van der Waals surface area contributed by atoms with E-state index in [1.165, 1.54) is 5.57 Å². The molecule has 0 spiro atoms. The smallest absolute Gasteiger partial charge is 0.0602 e. The van der Waals surface area contributed by atoms with Crippen molar-refractivity contribution in [2.24, 2.45) is 11.3 Å². The predicted octanol–water partition coefficient (Wildman–Crippen LogP) is 2.67. The van der Waals surface area contributed by atoms with Gasteiger partial charge < -0.3 is 5.11 Å². The molecule has 0 aromatic carbocycles. The summed E-state index contributed by atoms with van der Waals surface area (Å²) in [5, 5.41) is 9.97. The van der Waals surface area contributed by atoms with Crippen LogP contribution < -0.4 is 0 Å². The summed E-state index contributed by atoms with van der Waals surface area (Å²) in [6, 6.07) is 0. The van der Waals surface area contributed by atoms with Crippen molar-refractivity contribution in [1.29, 1.82) is 0 Å². The van der Waals surface area contributed by atoms with Crippen LogP contribution in [0.15, 0.2) is 23.8 Å². The molecule has 0 radical (unpaired) electrons. The van der Waals surface area contributed by atoms with Gasteiger partial charge in [-0.05, 0) is 32.1 Å². The van der Waals surface area contributed by atoms with Crippen LogP contribution in [0.1, 0.15) is 33.1 Å². The van der Waals surface area contributed by atoms with Crippen LogP contribution in [0.25, 0.3) is 0 Å². The molecule has 2 aliphatic rings. The number of hydrogen-bond acceptors (Lipinski definition) is 1. The molecule has 0 bridgehead atoms. The Balaban J connectivity index is 2.35. The molecule has 1 heteroatoms. The number of aliphatic hydroxyl groups is 1. The normalized spacial score (nSPS) is 44.1. The second-order valence-electron chi connectivity index (χ2n) is 4.69. The molecule has 3 atom stereocenters. The Morgan fingerprint density at radius 1 is 1.46 bits per heavy atom. The van der Waals surface area contributed by atoms with Crippen molar-refractivity contribution in [3.8, 4) is 0 Å². The topological polar surface area (TPSA) is 20.2 Å². The van der Waals surface area contributed by atoms with Crippen molar-refractivity contribution in [3.05, 3.63) is 23.8 Å². The molecule has 0 saturated heterocycles. The molecular weight excluding hydrogens is 160 g/mol. The van der Waals surface area contributed by atoms with Gasteiger partial charge in [0.2, 0.25) is 0 Å². The largest absolute Gasteiger partial charge is 0.393 e. The Labute approximate surface area is 80.2 Å². The number of aliphatic hydroxyl groups excluding tert-OH is 1. The highest BCUT2D eigenvalue weighted by atomic mass is 16.3. The second kappa shape index (κ2) is 2.98. The summed E-state index contributed by atoms with van der Waals surface area (Å²) in [6.45, 7) is 4.42. The zero-order chi connectivity index (χ0) is 9.47. The molecule has 0 unspecified atom stereocenters. The van der Waals surface area contributed by atoms with Crippen LogP contribution in [-0.4, -0.2) is 11.2 Å². The summed E-state index contributed by atoms with van der Waals surface area (Å²) in [5.74, 6) is 0.595. The van der Waals surface area contributed by atoms with E-state index in [2.05, 4.69) is 32.1 Å². The second-order valence-corrected chi connectivity index (χ2v) is 4.69. The lowest BCUT2D eigenvalue weighted by Crippen LogP contribution is -2.32. The minimum Gasteiger partial charge on any atom is -0.393 e. The molecule has 2 aliphatic carbocycles. The van der Waals surface area contributed by atoms with Crippen LogP contribution in [0.4, 0.5) is 0 Å². The minimum absolute atomic E-state index is 0.105. The van der Waals surface area contributed by atoms with E-state index in [1.54, 1.807) is 0 Å². The molecule has 1 nitrogen and oxygen atoms in total. The third-order valence-electron chi connectivity index (χ3n) is 3.89. The van der Waals surface area contributed by atoms with Gasteiger partial charge in [0.1, 0.15) is 0 Å². The van der Waals surface area contributed by atoms with Gasteiger partial charge in [-0.15, -0.1) is 0 Å². The zero-order valence-electron chi connectivity index (χ0n) is 8.46. The number of rotatable bonds is 0. The Kier molecular flexibility index (Phi) is 2.07. The van der Waals surface area contributed by atoms with Crippen molar-refractivity contribution in [3.63, 3.8) is 0 Å². The van der Waals surface area contributed by atoms with Crippen LogP contribution in [0.5, 0.6) is 0 Å². The van der Waals surface area contributed by atoms with Crippen molar-refractivity contribution in [2.45, 2.75) is 39.2 Å². The third kappa shape index (κ3) is 1.26. The molecule has 0 aromatic heterocycles. The van der Waals surface area contributed by atoms with Gasteiger partial charge in [0.05, 0.1) is 6.10 Å². The van der Waals surface area contributed by atoms with Gasteiger partial charge in [-0.3, -0.25) is 0 Å². The average molecular weight is 178 g/mol. The molecule has 1 fully saturated rings. The first-order valence-electron chi connectivity index (χ1n) is 5.16. The predicted molar refractivity (Wildman–Crippen MR) is 54.4 cm³/mol. The third-order valence-corrected chi connectivity index (χ3v) is 3.89. The lowest BCUT2D eigenvalue weighted by molar-refractivity contribution is 0.0506. The SMILES string of the molecule is CC1=CC=CC[C@]2(C)[C@@H](O)CC[C@@H]12. The van der Waals surface area contributed by atoms with E-state index < -0.39 is 0 Å². The summed E-state index contributed by atoms with van der Waals surface area (Å²) in [7, 11) is 0. The van der Waals surface area contributed by atoms with Gasteiger partial charge in [-0.2, -0.15) is 0 Å². The van der Waals surface area contributed by atoms with E-state index in [9.17, 15) is 5.11 Å². The van der Waals surface area contributed by atoms with Crippen molar-refractivity contribution >= 4 is 0 Å². The monoisotopic (exact) mass is 178 g/mol. The quantitative estimate of drug-likeness (QED) is 0.604. The Morgan fingerprint density at radius 2 is 2.23 bits per heavy atom. The Bertz CT molecular complexity index is 264. The maximum atomic E-state index is 9.97. The van der Waals surface area contributed by atoms with E-state index in [1.807, 2.05) is 0 Å². The summed E-state index contributed by atoms with van der Waals surface area (Å²) in [5.41, 5.74) is 1.54. The minimum atomic E-state index is -0.108. The fourth-order valence-corrected chi connectivity index (χ4v) is 2.90. The fourth-order valence-electron chi connectivity index (χ4n) is 2.90. The number of allylic oxidation sites excluding steroid dienone is 4. The van der Waals surface area contributed by atoms with Crippen LogP contribution in [0.3, 0.4) is 0 Å².